The molecule has 1 fully saturated rings. The van der Waals surface area contributed by atoms with Crippen LogP contribution in [-0.4, -0.2) is 44.3 Å². The van der Waals surface area contributed by atoms with Gasteiger partial charge in [-0.3, -0.25) is 14.7 Å². The van der Waals surface area contributed by atoms with Crippen LogP contribution >= 0.6 is 0 Å². The number of carbonyl (C=O) groups is 1. The average molecular weight is 323 g/mol. The van der Waals surface area contributed by atoms with Crippen LogP contribution in [0.15, 0.2) is 35.3 Å². The van der Waals surface area contributed by atoms with Gasteiger partial charge in [0, 0.05) is 30.1 Å². The molecule has 1 saturated heterocycles. The monoisotopic (exact) mass is 323 g/mol. The molecular weight excluding hydrogens is 306 g/mol. The van der Waals surface area contributed by atoms with Crippen molar-refractivity contribution >= 4 is 16.7 Å². The summed E-state index contributed by atoms with van der Waals surface area (Å²) in [6.07, 6.45) is 2.69. The van der Waals surface area contributed by atoms with Crippen molar-refractivity contribution in [2.24, 2.45) is 0 Å². The third kappa shape index (κ3) is 2.29. The number of amides is 1. The zero-order valence-electron chi connectivity index (χ0n) is 13.2. The van der Waals surface area contributed by atoms with Gasteiger partial charge in [0.05, 0.1) is 11.6 Å². The molecule has 1 aliphatic heterocycles. The molecule has 4 rings (SSSR count). The Kier molecular flexibility index (Phi) is 3.41. The Labute approximate surface area is 137 Å². The van der Waals surface area contributed by atoms with Crippen LogP contribution in [0.5, 0.6) is 0 Å². The number of carbonyl (C=O) groups excluding carboxylic acids is 1. The molecule has 1 aliphatic rings. The molecule has 0 radical (unpaired) electrons. The van der Waals surface area contributed by atoms with E-state index in [-0.39, 0.29) is 17.4 Å². The number of likely N-dealkylation sites (tertiary alicyclic amines) is 1. The van der Waals surface area contributed by atoms with Crippen LogP contribution < -0.4 is 5.56 Å². The molecule has 1 amide bonds. The summed E-state index contributed by atoms with van der Waals surface area (Å²) in [4.78, 5) is 26.5. The minimum absolute atomic E-state index is 0.151. The Hall–Kier alpha value is -2.96. The number of aryl methyl sites for hydroxylation is 1. The van der Waals surface area contributed by atoms with Crippen molar-refractivity contribution in [3.63, 3.8) is 0 Å². The number of fused-ring (bicyclic) bond motifs is 1. The standard InChI is InChI=1S/C17H17N5O2/c1-10-8-18-19-14(10)11-6-7-22(9-11)17(24)15-12-4-2-3-5-13(12)16(23)21-20-15/h2-5,8,11H,6-7,9H2,1H3,(H,18,19)(H,21,23). The third-order valence-electron chi connectivity index (χ3n) is 4.65. The zero-order valence-corrected chi connectivity index (χ0v) is 13.2. The molecule has 3 heterocycles. The molecular formula is C17H17N5O2. The van der Waals surface area contributed by atoms with E-state index in [0.717, 1.165) is 17.7 Å². The molecule has 1 atom stereocenters. The topological polar surface area (TPSA) is 94.7 Å². The highest BCUT2D eigenvalue weighted by atomic mass is 16.2. The number of hydrogen-bond acceptors (Lipinski definition) is 4. The number of H-pyrrole nitrogens is 2. The Morgan fingerprint density at radius 2 is 2.04 bits per heavy atom. The van der Waals surface area contributed by atoms with Crippen molar-refractivity contribution in [1.29, 1.82) is 0 Å². The fraction of sp³-hybridized carbons (Fsp3) is 0.294. The predicted molar refractivity (Wildman–Crippen MR) is 88.9 cm³/mol. The van der Waals surface area contributed by atoms with E-state index in [4.69, 9.17) is 0 Å². The van der Waals surface area contributed by atoms with Crippen molar-refractivity contribution in [2.45, 2.75) is 19.3 Å². The van der Waals surface area contributed by atoms with Crippen LogP contribution in [0.4, 0.5) is 0 Å². The van der Waals surface area contributed by atoms with Gasteiger partial charge in [-0.1, -0.05) is 18.2 Å². The molecule has 7 nitrogen and oxygen atoms in total. The first-order chi connectivity index (χ1) is 11.6. The average Bonchev–Trinajstić information content (AvgIpc) is 3.23. The van der Waals surface area contributed by atoms with Gasteiger partial charge < -0.3 is 4.90 Å². The Bertz CT molecular complexity index is 974. The quantitative estimate of drug-likeness (QED) is 0.748. The SMILES string of the molecule is Cc1cn[nH]c1C1CCN(C(=O)c2n[nH]c(=O)c3ccccc23)C1. The third-order valence-corrected chi connectivity index (χ3v) is 4.65. The van der Waals surface area contributed by atoms with Crippen LogP contribution in [0.1, 0.15) is 34.1 Å². The van der Waals surface area contributed by atoms with Gasteiger partial charge in [-0.15, -0.1) is 0 Å². The molecule has 2 aromatic heterocycles. The van der Waals surface area contributed by atoms with Crippen LogP contribution in [0.3, 0.4) is 0 Å². The Balaban J connectivity index is 1.65. The lowest BCUT2D eigenvalue weighted by Crippen LogP contribution is -2.30. The Morgan fingerprint density at radius 3 is 2.79 bits per heavy atom. The van der Waals surface area contributed by atoms with E-state index < -0.39 is 0 Å². The van der Waals surface area contributed by atoms with Crippen molar-refractivity contribution in [3.8, 4) is 0 Å². The number of aromatic nitrogens is 4. The molecule has 1 unspecified atom stereocenters. The Morgan fingerprint density at radius 1 is 1.25 bits per heavy atom. The summed E-state index contributed by atoms with van der Waals surface area (Å²) in [6.45, 7) is 3.30. The lowest BCUT2D eigenvalue weighted by Gasteiger charge is -2.16. The lowest BCUT2D eigenvalue weighted by atomic mass is 10.0. The molecule has 7 heteroatoms. The van der Waals surface area contributed by atoms with Crippen LogP contribution in [0, 0.1) is 6.92 Å². The van der Waals surface area contributed by atoms with Crippen molar-refractivity contribution < 1.29 is 4.79 Å². The van der Waals surface area contributed by atoms with Gasteiger partial charge in [0.1, 0.15) is 0 Å². The fourth-order valence-corrected chi connectivity index (χ4v) is 3.38. The number of rotatable bonds is 2. The van der Waals surface area contributed by atoms with Crippen molar-refractivity contribution in [2.75, 3.05) is 13.1 Å². The molecule has 1 aromatic carbocycles. The van der Waals surface area contributed by atoms with E-state index in [0.29, 0.717) is 29.6 Å². The predicted octanol–water partition coefficient (Wildman–Crippen LogP) is 1.58. The van der Waals surface area contributed by atoms with Crippen LogP contribution in [-0.2, 0) is 0 Å². The fourth-order valence-electron chi connectivity index (χ4n) is 3.38. The lowest BCUT2D eigenvalue weighted by molar-refractivity contribution is 0.0786. The smallest absolute Gasteiger partial charge is 0.274 e. The molecule has 24 heavy (non-hydrogen) atoms. The summed E-state index contributed by atoms with van der Waals surface area (Å²) >= 11 is 0. The molecule has 0 spiro atoms. The first-order valence-corrected chi connectivity index (χ1v) is 7.91. The maximum absolute atomic E-state index is 12.9. The molecule has 0 saturated carbocycles. The zero-order chi connectivity index (χ0) is 16.7. The summed E-state index contributed by atoms with van der Waals surface area (Å²) in [5.41, 5.74) is 2.22. The van der Waals surface area contributed by atoms with Gasteiger partial charge in [0.2, 0.25) is 0 Å². The minimum Gasteiger partial charge on any atom is -0.337 e. The van der Waals surface area contributed by atoms with Gasteiger partial charge in [-0.25, -0.2) is 5.10 Å². The normalized spacial score (nSPS) is 17.5. The molecule has 0 aliphatic carbocycles. The summed E-state index contributed by atoms with van der Waals surface area (Å²) in [5, 5.41) is 14.6. The van der Waals surface area contributed by atoms with Crippen molar-refractivity contribution in [3.05, 3.63) is 57.8 Å². The molecule has 0 bridgehead atoms. The maximum atomic E-state index is 12.9. The van der Waals surface area contributed by atoms with Gasteiger partial charge in [-0.05, 0) is 25.0 Å². The highest BCUT2D eigenvalue weighted by Gasteiger charge is 2.31. The molecule has 2 N–H and O–H groups in total. The number of nitrogens with one attached hydrogen (secondary N) is 2. The highest BCUT2D eigenvalue weighted by molar-refractivity contribution is 6.04. The van der Waals surface area contributed by atoms with Gasteiger partial charge in [0.25, 0.3) is 11.5 Å². The summed E-state index contributed by atoms with van der Waals surface area (Å²) in [6, 6.07) is 7.05. The van der Waals surface area contributed by atoms with E-state index in [1.165, 1.54) is 0 Å². The number of benzene rings is 1. The van der Waals surface area contributed by atoms with Crippen molar-refractivity contribution in [1.82, 2.24) is 25.3 Å². The van der Waals surface area contributed by atoms with Gasteiger partial charge in [0.15, 0.2) is 5.69 Å². The van der Waals surface area contributed by atoms with Gasteiger partial charge >= 0.3 is 0 Å². The molecule has 122 valence electrons. The maximum Gasteiger partial charge on any atom is 0.274 e. The van der Waals surface area contributed by atoms with Gasteiger partial charge in [-0.2, -0.15) is 10.2 Å². The second-order valence-corrected chi connectivity index (χ2v) is 6.15. The van der Waals surface area contributed by atoms with E-state index in [2.05, 4.69) is 20.4 Å². The molecule has 3 aromatic rings. The van der Waals surface area contributed by atoms with E-state index in [1.807, 2.05) is 6.92 Å². The summed E-state index contributed by atoms with van der Waals surface area (Å²) in [7, 11) is 0. The van der Waals surface area contributed by atoms with E-state index in [1.54, 1.807) is 35.4 Å². The summed E-state index contributed by atoms with van der Waals surface area (Å²) < 4.78 is 0. The number of hydrogen-bond donors (Lipinski definition) is 2. The number of nitrogens with zero attached hydrogens (tertiary/aromatic N) is 3. The van der Waals surface area contributed by atoms with Crippen LogP contribution in [0.25, 0.3) is 10.8 Å². The first kappa shape index (κ1) is 14.6. The highest BCUT2D eigenvalue weighted by Crippen LogP contribution is 2.29. The number of aromatic amines is 2. The van der Waals surface area contributed by atoms with E-state index >= 15 is 0 Å². The second-order valence-electron chi connectivity index (χ2n) is 6.15. The summed E-state index contributed by atoms with van der Waals surface area (Å²) in [5.74, 6) is 0.104. The van der Waals surface area contributed by atoms with E-state index in [9.17, 15) is 9.59 Å². The minimum atomic E-state index is -0.283. The first-order valence-electron chi connectivity index (χ1n) is 7.91. The van der Waals surface area contributed by atoms with Crippen LogP contribution in [0.2, 0.25) is 0 Å². The second kappa shape index (κ2) is 5.59. The largest absolute Gasteiger partial charge is 0.337 e.